The van der Waals surface area contributed by atoms with Crippen molar-refractivity contribution in [3.63, 3.8) is 0 Å². The van der Waals surface area contributed by atoms with E-state index in [2.05, 4.69) is 23.8 Å². The number of nitrogens with two attached hydrogens (primary N) is 1. The molecule has 0 atom stereocenters. The monoisotopic (exact) mass is 210 g/mol. The molecule has 2 aromatic heterocycles. The van der Waals surface area contributed by atoms with Crippen molar-refractivity contribution in [2.45, 2.75) is 19.9 Å². The van der Waals surface area contributed by atoms with Gasteiger partial charge in [0.05, 0.1) is 10.4 Å². The summed E-state index contributed by atoms with van der Waals surface area (Å²) < 4.78 is 1.98. The number of fused-ring (bicyclic) bond motifs is 1. The molecule has 0 unspecified atom stereocenters. The second-order valence-corrected chi connectivity index (χ2v) is 3.84. The number of nitrogen functional groups attached to an aromatic ring is 1. The number of anilines is 1. The molecule has 2 aromatic rings. The van der Waals surface area contributed by atoms with Crippen molar-refractivity contribution in [3.8, 4) is 0 Å². The van der Waals surface area contributed by atoms with Crippen molar-refractivity contribution in [2.75, 3.05) is 5.73 Å². The van der Waals surface area contributed by atoms with Crippen LogP contribution in [-0.4, -0.2) is 14.5 Å². The minimum atomic E-state index is 0.305. The van der Waals surface area contributed by atoms with Crippen LogP contribution in [0.4, 0.5) is 5.82 Å². The molecule has 0 aliphatic rings. The minimum absolute atomic E-state index is 0.305. The van der Waals surface area contributed by atoms with Crippen molar-refractivity contribution in [3.05, 3.63) is 17.5 Å². The van der Waals surface area contributed by atoms with E-state index in [-0.39, 0.29) is 0 Å². The van der Waals surface area contributed by atoms with Crippen LogP contribution in [0.2, 0.25) is 5.02 Å². The molecule has 2 rings (SSSR count). The molecule has 0 saturated carbocycles. The Morgan fingerprint density at radius 1 is 1.43 bits per heavy atom. The van der Waals surface area contributed by atoms with E-state index in [1.54, 1.807) is 0 Å². The van der Waals surface area contributed by atoms with Crippen molar-refractivity contribution < 1.29 is 0 Å². The first-order valence-electron chi connectivity index (χ1n) is 4.37. The predicted octanol–water partition coefficient (Wildman–Crippen LogP) is 2.25. The molecule has 14 heavy (non-hydrogen) atoms. The first-order chi connectivity index (χ1) is 6.61. The average Bonchev–Trinajstić information content (AvgIpc) is 2.45. The summed E-state index contributed by atoms with van der Waals surface area (Å²) in [5, 5.41) is 1.34. The lowest BCUT2D eigenvalue weighted by atomic mass is 10.3. The maximum Gasteiger partial charge on any atom is 0.147 e. The number of nitrogens with zero attached hydrogens (tertiary/aromatic N) is 3. The van der Waals surface area contributed by atoms with E-state index in [0.29, 0.717) is 16.9 Å². The highest BCUT2D eigenvalue weighted by molar-refractivity contribution is 6.36. The molecule has 5 heteroatoms. The van der Waals surface area contributed by atoms with Gasteiger partial charge in [-0.2, -0.15) is 0 Å². The molecule has 74 valence electrons. The van der Waals surface area contributed by atoms with Gasteiger partial charge in [-0.1, -0.05) is 11.6 Å². The van der Waals surface area contributed by atoms with Crippen LogP contribution in [-0.2, 0) is 0 Å². The third-order valence-corrected chi connectivity index (χ3v) is 2.44. The van der Waals surface area contributed by atoms with Crippen LogP contribution in [0.5, 0.6) is 0 Å². The normalized spacial score (nSPS) is 11.4. The zero-order valence-electron chi connectivity index (χ0n) is 8.03. The van der Waals surface area contributed by atoms with Crippen LogP contribution >= 0.6 is 11.6 Å². The summed E-state index contributed by atoms with van der Waals surface area (Å²) in [5.74, 6) is 0.430. The number of hydrogen-bond donors (Lipinski definition) is 1. The first kappa shape index (κ1) is 9.27. The summed E-state index contributed by atoms with van der Waals surface area (Å²) in [6, 6.07) is 0.305. The highest BCUT2D eigenvalue weighted by Gasteiger charge is 2.12. The first-order valence-corrected chi connectivity index (χ1v) is 4.75. The summed E-state index contributed by atoms with van der Waals surface area (Å²) in [5.41, 5.74) is 6.51. The van der Waals surface area contributed by atoms with Gasteiger partial charge in [-0.05, 0) is 13.8 Å². The van der Waals surface area contributed by atoms with E-state index >= 15 is 0 Å². The molecule has 2 heterocycles. The molecule has 0 aromatic carbocycles. The van der Waals surface area contributed by atoms with E-state index in [1.165, 1.54) is 6.33 Å². The Labute approximate surface area is 86.7 Å². The van der Waals surface area contributed by atoms with Crippen molar-refractivity contribution in [1.29, 1.82) is 0 Å². The predicted molar refractivity (Wildman–Crippen MR) is 57.3 cm³/mol. The summed E-state index contributed by atoms with van der Waals surface area (Å²) in [7, 11) is 0. The molecule has 0 saturated heterocycles. The molecule has 0 aliphatic heterocycles. The molecule has 2 N–H and O–H groups in total. The van der Waals surface area contributed by atoms with Crippen LogP contribution in [0, 0.1) is 0 Å². The quantitative estimate of drug-likeness (QED) is 0.786. The van der Waals surface area contributed by atoms with Gasteiger partial charge in [0.1, 0.15) is 17.8 Å². The van der Waals surface area contributed by atoms with Gasteiger partial charge in [0, 0.05) is 12.2 Å². The Morgan fingerprint density at radius 2 is 2.14 bits per heavy atom. The lowest BCUT2D eigenvalue weighted by Crippen LogP contribution is -2.00. The smallest absolute Gasteiger partial charge is 0.147 e. The number of halogens is 1. The maximum absolute atomic E-state index is 6.05. The maximum atomic E-state index is 6.05. The van der Waals surface area contributed by atoms with Gasteiger partial charge in [-0.15, -0.1) is 0 Å². The molecule has 0 bridgehead atoms. The SMILES string of the molecule is CC(C)n1cc(Cl)c2c(N)ncnc21. The second-order valence-electron chi connectivity index (χ2n) is 3.44. The molecule has 0 radical (unpaired) electrons. The Bertz CT molecular complexity index is 475. The van der Waals surface area contributed by atoms with E-state index in [0.717, 1.165) is 11.0 Å². The lowest BCUT2D eigenvalue weighted by molar-refractivity contribution is 0.618. The molecule has 0 spiro atoms. The molecule has 0 aliphatic carbocycles. The van der Waals surface area contributed by atoms with Gasteiger partial charge in [0.25, 0.3) is 0 Å². The number of hydrogen-bond acceptors (Lipinski definition) is 3. The molecular weight excluding hydrogens is 200 g/mol. The van der Waals surface area contributed by atoms with E-state index in [4.69, 9.17) is 17.3 Å². The van der Waals surface area contributed by atoms with Crippen molar-refractivity contribution >= 4 is 28.5 Å². The van der Waals surface area contributed by atoms with Crippen LogP contribution in [0.25, 0.3) is 11.0 Å². The van der Waals surface area contributed by atoms with Crippen molar-refractivity contribution in [2.24, 2.45) is 0 Å². The van der Waals surface area contributed by atoms with Gasteiger partial charge in [-0.3, -0.25) is 0 Å². The summed E-state index contributed by atoms with van der Waals surface area (Å²) >= 11 is 6.05. The molecule has 4 nitrogen and oxygen atoms in total. The van der Waals surface area contributed by atoms with Gasteiger partial charge in [0.15, 0.2) is 0 Å². The van der Waals surface area contributed by atoms with E-state index < -0.39 is 0 Å². The number of rotatable bonds is 1. The third-order valence-electron chi connectivity index (χ3n) is 2.15. The average molecular weight is 211 g/mol. The van der Waals surface area contributed by atoms with Crippen molar-refractivity contribution in [1.82, 2.24) is 14.5 Å². The van der Waals surface area contributed by atoms with Gasteiger partial charge in [-0.25, -0.2) is 9.97 Å². The molecule has 0 fully saturated rings. The fourth-order valence-corrected chi connectivity index (χ4v) is 1.74. The van der Waals surface area contributed by atoms with Gasteiger partial charge >= 0.3 is 0 Å². The fourth-order valence-electron chi connectivity index (χ4n) is 1.46. The summed E-state index contributed by atoms with van der Waals surface area (Å²) in [6.45, 7) is 4.13. The van der Waals surface area contributed by atoms with Gasteiger partial charge < -0.3 is 10.3 Å². The van der Waals surface area contributed by atoms with Gasteiger partial charge in [0.2, 0.25) is 0 Å². The Balaban J connectivity index is 2.84. The zero-order chi connectivity index (χ0) is 10.3. The van der Waals surface area contributed by atoms with E-state index in [9.17, 15) is 0 Å². The highest BCUT2D eigenvalue weighted by Crippen LogP contribution is 2.29. The lowest BCUT2D eigenvalue weighted by Gasteiger charge is -2.07. The Kier molecular flexibility index (Phi) is 2.07. The fraction of sp³-hybridized carbons (Fsp3) is 0.333. The molecule has 0 amide bonds. The standard InChI is InChI=1S/C9H11ClN4/c1-5(2)14-3-6(10)7-8(11)12-4-13-9(7)14/h3-5H,1-2H3,(H2,11,12,13). The van der Waals surface area contributed by atoms with Crippen LogP contribution in [0.1, 0.15) is 19.9 Å². The Morgan fingerprint density at radius 3 is 2.79 bits per heavy atom. The van der Waals surface area contributed by atoms with Crippen LogP contribution in [0.3, 0.4) is 0 Å². The van der Waals surface area contributed by atoms with Crippen LogP contribution in [0.15, 0.2) is 12.5 Å². The third kappa shape index (κ3) is 1.23. The van der Waals surface area contributed by atoms with Crippen LogP contribution < -0.4 is 5.73 Å². The number of aromatic nitrogens is 3. The second kappa shape index (κ2) is 3.13. The highest BCUT2D eigenvalue weighted by atomic mass is 35.5. The Hall–Kier alpha value is -1.29. The summed E-state index contributed by atoms with van der Waals surface area (Å²) in [4.78, 5) is 8.08. The largest absolute Gasteiger partial charge is 0.383 e. The molecular formula is C9H11ClN4. The van der Waals surface area contributed by atoms with E-state index in [1.807, 2.05) is 10.8 Å². The zero-order valence-corrected chi connectivity index (χ0v) is 8.78. The topological polar surface area (TPSA) is 56.7 Å². The minimum Gasteiger partial charge on any atom is -0.383 e. The summed E-state index contributed by atoms with van der Waals surface area (Å²) in [6.07, 6.45) is 3.29.